The number of aryl methyl sites for hydroxylation is 1. The van der Waals surface area contributed by atoms with Crippen LogP contribution in [0, 0.1) is 6.92 Å². The third-order valence-corrected chi connectivity index (χ3v) is 11.6. The van der Waals surface area contributed by atoms with E-state index in [0.29, 0.717) is 12.0 Å². The molecule has 2 aliphatic heterocycles. The first-order valence-electron chi connectivity index (χ1n) is 11.3. The van der Waals surface area contributed by atoms with Crippen LogP contribution in [0.5, 0.6) is 0 Å². The van der Waals surface area contributed by atoms with Crippen molar-refractivity contribution in [1.29, 1.82) is 0 Å². The second kappa shape index (κ2) is 8.02. The van der Waals surface area contributed by atoms with Crippen molar-refractivity contribution in [3.05, 3.63) is 68.5 Å². The first-order valence-corrected chi connectivity index (χ1v) is 14.2. The summed E-state index contributed by atoms with van der Waals surface area (Å²) < 4.78 is 27.4. The molecular formula is C24H34N2O6Si. The molecule has 8 nitrogen and oxygen atoms in total. The molecule has 0 aliphatic carbocycles. The van der Waals surface area contributed by atoms with Gasteiger partial charge in [0.15, 0.2) is 14.1 Å². The van der Waals surface area contributed by atoms with Crippen LogP contribution in [0.2, 0.25) is 18.1 Å². The highest BCUT2D eigenvalue weighted by Gasteiger charge is 2.62. The third kappa shape index (κ3) is 4.28. The number of hydrogen-bond acceptors (Lipinski definition) is 6. The van der Waals surface area contributed by atoms with E-state index in [1.165, 1.54) is 10.8 Å². The number of benzene rings is 1. The van der Waals surface area contributed by atoms with E-state index in [2.05, 4.69) is 38.8 Å². The summed E-state index contributed by atoms with van der Waals surface area (Å²) in [5, 5.41) is -0.0279. The quantitative estimate of drug-likeness (QED) is 0.679. The second-order valence-corrected chi connectivity index (χ2v) is 15.4. The lowest BCUT2D eigenvalue weighted by Crippen LogP contribution is -2.52. The molecule has 1 N–H and O–H groups in total. The summed E-state index contributed by atoms with van der Waals surface area (Å²) in [4.78, 5) is 26.9. The van der Waals surface area contributed by atoms with Gasteiger partial charge in [-0.25, -0.2) is 4.79 Å². The number of nitrogens with one attached hydrogen (secondary N) is 1. The van der Waals surface area contributed by atoms with Crippen LogP contribution in [0.15, 0.2) is 46.1 Å². The fraction of sp³-hybridized carbons (Fsp3) is 0.583. The highest BCUT2D eigenvalue weighted by Crippen LogP contribution is 2.51. The minimum atomic E-state index is -2.21. The molecule has 0 amide bonds. The van der Waals surface area contributed by atoms with Crippen molar-refractivity contribution in [2.75, 3.05) is 6.61 Å². The summed E-state index contributed by atoms with van der Waals surface area (Å²) in [6.45, 7) is 14.6. The molecule has 0 bridgehead atoms. The number of H-pyrrole nitrogens is 1. The fourth-order valence-corrected chi connectivity index (χ4v) is 5.43. The largest absolute Gasteiger partial charge is 0.408 e. The number of hydrogen-bond donors (Lipinski definition) is 1. The van der Waals surface area contributed by atoms with E-state index >= 15 is 0 Å². The van der Waals surface area contributed by atoms with E-state index in [9.17, 15) is 9.59 Å². The molecule has 4 atom stereocenters. The first-order chi connectivity index (χ1) is 15.3. The minimum absolute atomic E-state index is 0.0279. The molecule has 2 aromatic rings. The third-order valence-electron chi connectivity index (χ3n) is 7.16. The van der Waals surface area contributed by atoms with E-state index in [4.69, 9.17) is 18.6 Å². The van der Waals surface area contributed by atoms with Gasteiger partial charge in [0.2, 0.25) is 5.79 Å². The molecule has 9 heteroatoms. The average Bonchev–Trinajstić information content (AvgIpc) is 3.25. The lowest BCUT2D eigenvalue weighted by molar-refractivity contribution is -0.282. The Bertz CT molecular complexity index is 1140. The fourth-order valence-electron chi connectivity index (χ4n) is 4.08. The number of nitrogens with zero attached hydrogens (tertiary/aromatic N) is 1. The zero-order valence-corrected chi connectivity index (χ0v) is 21.4. The molecular weight excluding hydrogens is 440 g/mol. The smallest absolute Gasteiger partial charge is 0.330 e. The summed E-state index contributed by atoms with van der Waals surface area (Å²) in [5.74, 6) is -2.20. The highest BCUT2D eigenvalue weighted by atomic mass is 28.4. The van der Waals surface area contributed by atoms with Crippen molar-refractivity contribution in [3.63, 3.8) is 0 Å². The van der Waals surface area contributed by atoms with Crippen LogP contribution in [0.25, 0.3) is 0 Å². The zero-order chi connectivity index (χ0) is 24.2. The van der Waals surface area contributed by atoms with Crippen LogP contribution in [0.1, 0.15) is 51.5 Å². The Labute approximate surface area is 195 Å². The molecule has 2 fully saturated rings. The van der Waals surface area contributed by atoms with Gasteiger partial charge in [-0.3, -0.25) is 14.3 Å². The van der Waals surface area contributed by atoms with Gasteiger partial charge in [0.05, 0.1) is 0 Å². The van der Waals surface area contributed by atoms with Crippen molar-refractivity contribution in [2.24, 2.45) is 0 Å². The van der Waals surface area contributed by atoms with Gasteiger partial charge in [0.1, 0.15) is 18.9 Å². The molecule has 1 spiro atoms. The Balaban J connectivity index is 1.72. The second-order valence-electron chi connectivity index (χ2n) is 10.7. The van der Waals surface area contributed by atoms with Crippen LogP contribution in [0.3, 0.4) is 0 Å². The lowest BCUT2D eigenvalue weighted by atomic mass is 10.1. The number of ether oxygens (including phenoxy) is 3. The van der Waals surface area contributed by atoms with Crippen LogP contribution in [-0.4, -0.2) is 36.4 Å². The summed E-state index contributed by atoms with van der Waals surface area (Å²) in [6, 6.07) is 9.70. The first kappa shape index (κ1) is 24.1. The summed E-state index contributed by atoms with van der Waals surface area (Å²) >= 11 is 0. The average molecular weight is 475 g/mol. The zero-order valence-electron chi connectivity index (χ0n) is 20.4. The van der Waals surface area contributed by atoms with Gasteiger partial charge in [0, 0.05) is 23.7 Å². The molecule has 180 valence electrons. The maximum Gasteiger partial charge on any atom is 0.330 e. The summed E-state index contributed by atoms with van der Waals surface area (Å²) in [6.07, 6.45) is 0.810. The molecule has 4 rings (SSSR count). The molecule has 2 aliphatic rings. The number of rotatable bonds is 4. The Kier molecular flexibility index (Phi) is 5.86. The van der Waals surface area contributed by atoms with Crippen molar-refractivity contribution < 1.29 is 18.6 Å². The number of aromatic nitrogens is 2. The standard InChI is InChI=1S/C24H34N2O6Si/c1-16-14-26(21(28)25-20(16)27)19-13-18(31-33(6,7)22(2,3)4)24(30-19)15-29-23(5,32-24)17-11-9-8-10-12-17/h8-12,14,18-19H,13,15H2,1-7H3,(H,25,27,28)/t18-,19-,23?,24+/m1/s1. The molecule has 2 saturated heterocycles. The SMILES string of the molecule is Cc1cn([C@H]2C[C@@H](O[Si](C)(C)C(C)(C)C)[C@@]3(COC(C)(c4ccccc4)O3)O2)c(=O)[nH]c1=O. The highest BCUT2D eigenvalue weighted by molar-refractivity contribution is 6.74. The van der Waals surface area contributed by atoms with Crippen LogP contribution < -0.4 is 11.2 Å². The van der Waals surface area contributed by atoms with Gasteiger partial charge in [-0.05, 0) is 32.0 Å². The van der Waals surface area contributed by atoms with Gasteiger partial charge in [-0.1, -0.05) is 51.1 Å². The Morgan fingerprint density at radius 3 is 2.48 bits per heavy atom. The maximum atomic E-state index is 12.6. The van der Waals surface area contributed by atoms with E-state index in [1.807, 2.05) is 37.3 Å². The van der Waals surface area contributed by atoms with Gasteiger partial charge < -0.3 is 18.6 Å². The molecule has 33 heavy (non-hydrogen) atoms. The van der Waals surface area contributed by atoms with Crippen LogP contribution in [-0.2, 0) is 24.4 Å². The van der Waals surface area contributed by atoms with E-state index in [0.717, 1.165) is 5.56 Å². The Morgan fingerprint density at radius 2 is 1.85 bits per heavy atom. The van der Waals surface area contributed by atoms with Crippen molar-refractivity contribution in [3.8, 4) is 0 Å². The monoisotopic (exact) mass is 474 g/mol. The van der Waals surface area contributed by atoms with E-state index < -0.39 is 43.5 Å². The van der Waals surface area contributed by atoms with Gasteiger partial charge in [-0.2, -0.15) is 0 Å². The summed E-state index contributed by atoms with van der Waals surface area (Å²) in [7, 11) is -2.21. The maximum absolute atomic E-state index is 12.6. The van der Waals surface area contributed by atoms with Gasteiger partial charge in [-0.15, -0.1) is 0 Å². The lowest BCUT2D eigenvalue weighted by Gasteiger charge is -2.41. The molecule has 3 heterocycles. The van der Waals surface area contributed by atoms with E-state index in [1.54, 1.807) is 6.92 Å². The molecule has 1 aromatic heterocycles. The topological polar surface area (TPSA) is 91.8 Å². The normalized spacial score (nSPS) is 30.3. The Hall–Kier alpha value is -2.04. The number of aromatic amines is 1. The molecule has 1 aromatic carbocycles. The predicted octanol–water partition coefficient (Wildman–Crippen LogP) is 3.77. The summed E-state index contributed by atoms with van der Waals surface area (Å²) in [5.41, 5.74) is 0.370. The van der Waals surface area contributed by atoms with Crippen LogP contribution in [0.4, 0.5) is 0 Å². The van der Waals surface area contributed by atoms with Crippen LogP contribution >= 0.6 is 0 Å². The van der Waals surface area contributed by atoms with Crippen molar-refractivity contribution >= 4 is 8.32 Å². The minimum Gasteiger partial charge on any atom is -0.408 e. The van der Waals surface area contributed by atoms with Crippen molar-refractivity contribution in [1.82, 2.24) is 9.55 Å². The van der Waals surface area contributed by atoms with Crippen molar-refractivity contribution in [2.45, 2.75) is 83.1 Å². The Morgan fingerprint density at radius 1 is 1.18 bits per heavy atom. The predicted molar refractivity (Wildman–Crippen MR) is 126 cm³/mol. The van der Waals surface area contributed by atoms with Gasteiger partial charge >= 0.3 is 5.69 Å². The molecule has 0 radical (unpaired) electrons. The molecule has 0 saturated carbocycles. The molecule has 1 unspecified atom stereocenters. The van der Waals surface area contributed by atoms with E-state index in [-0.39, 0.29) is 11.6 Å². The van der Waals surface area contributed by atoms with Gasteiger partial charge in [0.25, 0.3) is 5.56 Å².